The SMILES string of the molecule is CNc1cc(C(=O)O)c(Cl)cn1. The lowest BCUT2D eigenvalue weighted by atomic mass is 10.2. The van der Waals surface area contributed by atoms with Crippen LogP contribution in [0.5, 0.6) is 0 Å². The van der Waals surface area contributed by atoms with Gasteiger partial charge < -0.3 is 10.4 Å². The summed E-state index contributed by atoms with van der Waals surface area (Å²) in [6, 6.07) is 1.38. The molecule has 5 heteroatoms. The summed E-state index contributed by atoms with van der Waals surface area (Å²) in [6.45, 7) is 0. The maximum absolute atomic E-state index is 10.5. The number of nitrogens with one attached hydrogen (secondary N) is 1. The van der Waals surface area contributed by atoms with Gasteiger partial charge in [0.2, 0.25) is 0 Å². The van der Waals surface area contributed by atoms with Crippen molar-refractivity contribution < 1.29 is 9.90 Å². The molecule has 0 unspecified atom stereocenters. The van der Waals surface area contributed by atoms with Gasteiger partial charge in [-0.25, -0.2) is 9.78 Å². The zero-order valence-electron chi connectivity index (χ0n) is 6.34. The summed E-state index contributed by atoms with van der Waals surface area (Å²) >= 11 is 5.58. The minimum absolute atomic E-state index is 0.0519. The van der Waals surface area contributed by atoms with Gasteiger partial charge in [-0.05, 0) is 6.07 Å². The summed E-state index contributed by atoms with van der Waals surface area (Å²) in [5, 5.41) is 11.5. The Morgan fingerprint density at radius 2 is 2.42 bits per heavy atom. The summed E-state index contributed by atoms with van der Waals surface area (Å²) in [4.78, 5) is 14.4. The number of nitrogens with zero attached hydrogens (tertiary/aromatic N) is 1. The zero-order valence-corrected chi connectivity index (χ0v) is 7.09. The Labute approximate surface area is 74.2 Å². The number of hydrogen-bond donors (Lipinski definition) is 2. The van der Waals surface area contributed by atoms with E-state index in [9.17, 15) is 4.79 Å². The predicted octanol–water partition coefficient (Wildman–Crippen LogP) is 1.47. The molecule has 1 aromatic heterocycles. The molecule has 1 aromatic rings. The van der Waals surface area contributed by atoms with E-state index in [1.165, 1.54) is 12.3 Å². The van der Waals surface area contributed by atoms with Gasteiger partial charge in [-0.3, -0.25) is 0 Å². The molecule has 0 aromatic carbocycles. The molecular formula is C7H7ClN2O2. The van der Waals surface area contributed by atoms with Crippen LogP contribution in [0.4, 0.5) is 5.82 Å². The van der Waals surface area contributed by atoms with Crippen molar-refractivity contribution in [1.29, 1.82) is 0 Å². The van der Waals surface area contributed by atoms with Gasteiger partial charge in [0, 0.05) is 13.2 Å². The number of hydrogen-bond acceptors (Lipinski definition) is 3. The van der Waals surface area contributed by atoms with Gasteiger partial charge in [0.05, 0.1) is 10.6 Å². The van der Waals surface area contributed by atoms with Crippen LogP contribution >= 0.6 is 11.6 Å². The van der Waals surface area contributed by atoms with E-state index in [1.807, 2.05) is 0 Å². The molecule has 0 saturated carbocycles. The second-order valence-electron chi connectivity index (χ2n) is 2.10. The van der Waals surface area contributed by atoms with E-state index in [1.54, 1.807) is 7.05 Å². The van der Waals surface area contributed by atoms with Crippen molar-refractivity contribution in [3.05, 3.63) is 22.8 Å². The number of aromatic nitrogens is 1. The maximum atomic E-state index is 10.5. The van der Waals surface area contributed by atoms with Gasteiger partial charge in [0.25, 0.3) is 0 Å². The fourth-order valence-electron chi connectivity index (χ4n) is 0.739. The molecule has 1 rings (SSSR count). The van der Waals surface area contributed by atoms with Crippen LogP contribution in [0.2, 0.25) is 5.02 Å². The lowest BCUT2D eigenvalue weighted by Crippen LogP contribution is -2.00. The first-order chi connectivity index (χ1) is 5.65. The first-order valence-electron chi connectivity index (χ1n) is 3.21. The Hall–Kier alpha value is -1.29. The molecule has 0 spiro atoms. The normalized spacial score (nSPS) is 9.50. The third kappa shape index (κ3) is 1.65. The summed E-state index contributed by atoms with van der Waals surface area (Å²) in [5.74, 6) is -0.573. The van der Waals surface area contributed by atoms with Gasteiger partial charge in [0.1, 0.15) is 5.82 Å². The quantitative estimate of drug-likeness (QED) is 0.735. The highest BCUT2D eigenvalue weighted by molar-refractivity contribution is 6.33. The smallest absolute Gasteiger partial charge is 0.337 e. The molecule has 0 amide bonds. The number of carbonyl (C=O) groups is 1. The number of aromatic carboxylic acids is 1. The highest BCUT2D eigenvalue weighted by Crippen LogP contribution is 2.17. The summed E-state index contributed by atoms with van der Waals surface area (Å²) in [7, 11) is 1.65. The van der Waals surface area contributed by atoms with Crippen molar-refractivity contribution in [3.8, 4) is 0 Å². The molecule has 0 atom stereocenters. The van der Waals surface area contributed by atoms with E-state index >= 15 is 0 Å². The Morgan fingerprint density at radius 3 is 2.92 bits per heavy atom. The lowest BCUT2D eigenvalue weighted by molar-refractivity contribution is 0.0697. The largest absolute Gasteiger partial charge is 0.478 e. The maximum Gasteiger partial charge on any atom is 0.337 e. The van der Waals surface area contributed by atoms with Crippen LogP contribution in [0, 0.1) is 0 Å². The molecule has 0 aliphatic carbocycles. The standard InChI is InChI=1S/C7H7ClN2O2/c1-9-6-2-4(7(11)12)5(8)3-10-6/h2-3H,1H3,(H,9,10)(H,11,12). The number of rotatable bonds is 2. The number of carboxylic acids is 1. The summed E-state index contributed by atoms with van der Waals surface area (Å²) in [6.07, 6.45) is 1.30. The molecule has 2 N–H and O–H groups in total. The highest BCUT2D eigenvalue weighted by Gasteiger charge is 2.09. The monoisotopic (exact) mass is 186 g/mol. The Bertz CT molecular complexity index is 314. The average Bonchev–Trinajstić information content (AvgIpc) is 2.05. The molecular weight excluding hydrogens is 180 g/mol. The average molecular weight is 187 g/mol. The first-order valence-corrected chi connectivity index (χ1v) is 3.59. The van der Waals surface area contributed by atoms with E-state index in [0.717, 1.165) is 0 Å². The van der Waals surface area contributed by atoms with Crippen LogP contribution in [-0.4, -0.2) is 23.1 Å². The fraction of sp³-hybridized carbons (Fsp3) is 0.143. The molecule has 12 heavy (non-hydrogen) atoms. The Morgan fingerprint density at radius 1 is 1.75 bits per heavy atom. The fourth-order valence-corrected chi connectivity index (χ4v) is 0.923. The predicted molar refractivity (Wildman–Crippen MR) is 45.8 cm³/mol. The zero-order chi connectivity index (χ0) is 9.14. The van der Waals surface area contributed by atoms with Gasteiger partial charge in [-0.1, -0.05) is 11.6 Å². The van der Waals surface area contributed by atoms with Gasteiger partial charge in [-0.2, -0.15) is 0 Å². The van der Waals surface area contributed by atoms with Crippen LogP contribution in [0.15, 0.2) is 12.3 Å². The number of carboxylic acid groups (broad SMARTS) is 1. The van der Waals surface area contributed by atoms with E-state index in [0.29, 0.717) is 5.82 Å². The second kappa shape index (κ2) is 3.40. The third-order valence-corrected chi connectivity index (χ3v) is 1.64. The van der Waals surface area contributed by atoms with Crippen molar-refractivity contribution in [2.24, 2.45) is 0 Å². The van der Waals surface area contributed by atoms with E-state index in [4.69, 9.17) is 16.7 Å². The molecule has 0 aliphatic rings. The van der Waals surface area contributed by atoms with Crippen LogP contribution in [-0.2, 0) is 0 Å². The number of halogens is 1. The van der Waals surface area contributed by atoms with Crippen LogP contribution in [0.3, 0.4) is 0 Å². The number of pyridine rings is 1. The van der Waals surface area contributed by atoms with E-state index in [2.05, 4.69) is 10.3 Å². The summed E-state index contributed by atoms with van der Waals surface area (Å²) in [5.41, 5.74) is 0.0519. The van der Waals surface area contributed by atoms with Crippen molar-refractivity contribution >= 4 is 23.4 Å². The molecule has 0 fully saturated rings. The minimum Gasteiger partial charge on any atom is -0.478 e. The van der Waals surface area contributed by atoms with Crippen molar-refractivity contribution in [2.75, 3.05) is 12.4 Å². The molecule has 0 bridgehead atoms. The van der Waals surface area contributed by atoms with Crippen molar-refractivity contribution in [3.63, 3.8) is 0 Å². The topological polar surface area (TPSA) is 62.2 Å². The molecule has 1 heterocycles. The number of anilines is 1. The van der Waals surface area contributed by atoms with Gasteiger partial charge >= 0.3 is 5.97 Å². The molecule has 4 nitrogen and oxygen atoms in total. The second-order valence-corrected chi connectivity index (χ2v) is 2.51. The summed E-state index contributed by atoms with van der Waals surface area (Å²) < 4.78 is 0. The van der Waals surface area contributed by atoms with E-state index < -0.39 is 5.97 Å². The first kappa shape index (κ1) is 8.80. The molecule has 0 saturated heterocycles. The Balaban J connectivity index is 3.17. The van der Waals surface area contributed by atoms with Crippen molar-refractivity contribution in [2.45, 2.75) is 0 Å². The highest BCUT2D eigenvalue weighted by atomic mass is 35.5. The van der Waals surface area contributed by atoms with Crippen LogP contribution in [0.1, 0.15) is 10.4 Å². The molecule has 0 aliphatic heterocycles. The van der Waals surface area contributed by atoms with Crippen LogP contribution < -0.4 is 5.32 Å². The molecule has 64 valence electrons. The van der Waals surface area contributed by atoms with E-state index in [-0.39, 0.29) is 10.6 Å². The lowest BCUT2D eigenvalue weighted by Gasteiger charge is -2.01. The van der Waals surface area contributed by atoms with Crippen LogP contribution in [0.25, 0.3) is 0 Å². The minimum atomic E-state index is -1.06. The van der Waals surface area contributed by atoms with Gasteiger partial charge in [-0.15, -0.1) is 0 Å². The van der Waals surface area contributed by atoms with Gasteiger partial charge in [0.15, 0.2) is 0 Å². The van der Waals surface area contributed by atoms with Crippen molar-refractivity contribution in [1.82, 2.24) is 4.98 Å². The Kier molecular flexibility index (Phi) is 2.50. The third-order valence-electron chi connectivity index (χ3n) is 1.34. The molecule has 0 radical (unpaired) electrons.